The zero-order chi connectivity index (χ0) is 16.1. The maximum absolute atomic E-state index is 12.8. The minimum Gasteiger partial charge on any atom is -0.481 e. The molecule has 1 amide bonds. The van der Waals surface area contributed by atoms with Crippen LogP contribution in [0.15, 0.2) is 24.3 Å². The standard InChI is InChI=1S/C16H17ClN2O3/c1-16(15(21)22)7-8-19(9-16)14(20)13-12(17)10-5-3-4-6-11(10)18(13)2/h3-6H,7-9H2,1-2H3,(H,21,22). The number of nitrogens with zero attached hydrogens (tertiary/aromatic N) is 2. The molecule has 0 bridgehead atoms. The lowest BCUT2D eigenvalue weighted by atomic mass is 9.90. The molecule has 1 atom stereocenters. The molecule has 1 aliphatic heterocycles. The number of aromatic nitrogens is 1. The predicted octanol–water partition coefficient (Wildman–Crippen LogP) is 2.77. The fourth-order valence-electron chi connectivity index (χ4n) is 3.04. The molecule has 1 aliphatic rings. The average Bonchev–Trinajstić information content (AvgIpc) is 3.01. The number of aryl methyl sites for hydroxylation is 1. The number of benzene rings is 1. The van der Waals surface area contributed by atoms with Crippen molar-refractivity contribution in [3.8, 4) is 0 Å². The number of likely N-dealkylation sites (tertiary alicyclic amines) is 1. The summed E-state index contributed by atoms with van der Waals surface area (Å²) in [6.07, 6.45) is 0.454. The van der Waals surface area contributed by atoms with Crippen molar-refractivity contribution in [2.75, 3.05) is 13.1 Å². The van der Waals surface area contributed by atoms with Crippen LogP contribution in [0.2, 0.25) is 5.02 Å². The molecule has 1 unspecified atom stereocenters. The van der Waals surface area contributed by atoms with Crippen molar-refractivity contribution >= 4 is 34.4 Å². The van der Waals surface area contributed by atoms with Gasteiger partial charge in [0, 0.05) is 31.0 Å². The SMILES string of the molecule is Cn1c(C(=O)N2CCC(C)(C(=O)O)C2)c(Cl)c2ccccc21. The number of carbonyl (C=O) groups is 2. The van der Waals surface area contributed by atoms with Crippen LogP contribution in [0.3, 0.4) is 0 Å². The van der Waals surface area contributed by atoms with Gasteiger partial charge in [0.2, 0.25) is 0 Å². The highest BCUT2D eigenvalue weighted by Crippen LogP contribution is 2.34. The molecule has 0 spiro atoms. The Morgan fingerprint density at radius 2 is 2.00 bits per heavy atom. The van der Waals surface area contributed by atoms with Gasteiger partial charge in [0.15, 0.2) is 0 Å². The lowest BCUT2D eigenvalue weighted by Gasteiger charge is -2.20. The van der Waals surface area contributed by atoms with Crippen molar-refractivity contribution in [3.05, 3.63) is 35.0 Å². The highest BCUT2D eigenvalue weighted by molar-refractivity contribution is 6.38. The summed E-state index contributed by atoms with van der Waals surface area (Å²) in [7, 11) is 1.80. The summed E-state index contributed by atoms with van der Waals surface area (Å²) in [6.45, 7) is 2.31. The number of aliphatic carboxylic acids is 1. The van der Waals surface area contributed by atoms with Gasteiger partial charge < -0.3 is 14.6 Å². The smallest absolute Gasteiger partial charge is 0.311 e. The second-order valence-electron chi connectivity index (χ2n) is 6.08. The van der Waals surface area contributed by atoms with Gasteiger partial charge in [-0.1, -0.05) is 29.8 Å². The van der Waals surface area contributed by atoms with Gasteiger partial charge in [0.1, 0.15) is 5.69 Å². The van der Waals surface area contributed by atoms with Crippen LogP contribution in [0.1, 0.15) is 23.8 Å². The van der Waals surface area contributed by atoms with Crippen LogP contribution < -0.4 is 0 Å². The van der Waals surface area contributed by atoms with E-state index in [0.717, 1.165) is 10.9 Å². The Kier molecular flexibility index (Phi) is 3.40. The van der Waals surface area contributed by atoms with Crippen LogP contribution in [-0.2, 0) is 11.8 Å². The third-order valence-corrected chi connectivity index (χ3v) is 4.91. The second-order valence-corrected chi connectivity index (χ2v) is 6.46. The number of carboxylic acid groups (broad SMARTS) is 1. The third kappa shape index (κ3) is 2.08. The molecule has 3 rings (SSSR count). The van der Waals surface area contributed by atoms with Crippen molar-refractivity contribution in [1.29, 1.82) is 0 Å². The summed E-state index contributed by atoms with van der Waals surface area (Å²) in [5.41, 5.74) is 0.417. The Labute approximate surface area is 133 Å². The number of rotatable bonds is 2. The maximum Gasteiger partial charge on any atom is 0.311 e. The molecule has 1 saturated heterocycles. The Bertz CT molecular complexity index is 744. The van der Waals surface area contributed by atoms with Gasteiger partial charge in [-0.2, -0.15) is 0 Å². The van der Waals surface area contributed by atoms with E-state index in [-0.39, 0.29) is 12.5 Å². The van der Waals surface area contributed by atoms with Crippen molar-refractivity contribution in [1.82, 2.24) is 9.47 Å². The number of para-hydroxylation sites is 1. The van der Waals surface area contributed by atoms with Crippen LogP contribution in [0.4, 0.5) is 0 Å². The fourth-order valence-corrected chi connectivity index (χ4v) is 3.41. The third-order valence-electron chi connectivity index (χ3n) is 4.52. The van der Waals surface area contributed by atoms with Gasteiger partial charge in [-0.15, -0.1) is 0 Å². The summed E-state index contributed by atoms with van der Waals surface area (Å²) in [4.78, 5) is 25.7. The van der Waals surface area contributed by atoms with E-state index >= 15 is 0 Å². The summed E-state index contributed by atoms with van der Waals surface area (Å²) >= 11 is 6.38. The summed E-state index contributed by atoms with van der Waals surface area (Å²) < 4.78 is 1.77. The zero-order valence-electron chi connectivity index (χ0n) is 12.5. The first kappa shape index (κ1) is 14.9. The van der Waals surface area contributed by atoms with E-state index in [0.29, 0.717) is 23.7 Å². The van der Waals surface area contributed by atoms with Gasteiger partial charge in [-0.05, 0) is 19.4 Å². The molecule has 116 valence electrons. The van der Waals surface area contributed by atoms with Crippen LogP contribution in [0, 0.1) is 5.41 Å². The highest BCUT2D eigenvalue weighted by Gasteiger charge is 2.43. The molecule has 1 N–H and O–H groups in total. The van der Waals surface area contributed by atoms with Gasteiger partial charge >= 0.3 is 5.97 Å². The van der Waals surface area contributed by atoms with Gasteiger partial charge in [0.05, 0.1) is 10.4 Å². The normalized spacial score (nSPS) is 21.5. The molecule has 1 aromatic carbocycles. The van der Waals surface area contributed by atoms with Crippen LogP contribution in [0.5, 0.6) is 0 Å². The van der Waals surface area contributed by atoms with E-state index in [1.165, 1.54) is 0 Å². The first-order valence-corrected chi connectivity index (χ1v) is 7.48. The number of hydrogen-bond donors (Lipinski definition) is 1. The van der Waals surface area contributed by atoms with Crippen molar-refractivity contribution in [2.24, 2.45) is 12.5 Å². The zero-order valence-corrected chi connectivity index (χ0v) is 13.2. The van der Waals surface area contributed by atoms with Gasteiger partial charge in [0.25, 0.3) is 5.91 Å². The molecular formula is C16H17ClN2O3. The van der Waals surface area contributed by atoms with Crippen LogP contribution in [-0.4, -0.2) is 39.5 Å². The number of carbonyl (C=O) groups excluding carboxylic acids is 1. The number of carboxylic acids is 1. The Morgan fingerprint density at radius 1 is 1.32 bits per heavy atom. The van der Waals surface area contributed by atoms with E-state index < -0.39 is 11.4 Å². The number of hydrogen-bond acceptors (Lipinski definition) is 2. The molecule has 2 heterocycles. The Hall–Kier alpha value is -2.01. The average molecular weight is 321 g/mol. The predicted molar refractivity (Wildman–Crippen MR) is 84.2 cm³/mol. The largest absolute Gasteiger partial charge is 0.481 e. The Balaban J connectivity index is 1.99. The molecule has 6 heteroatoms. The maximum atomic E-state index is 12.8. The fraction of sp³-hybridized carbons (Fsp3) is 0.375. The van der Waals surface area contributed by atoms with Crippen molar-refractivity contribution < 1.29 is 14.7 Å². The molecule has 1 fully saturated rings. The van der Waals surface area contributed by atoms with E-state index in [1.807, 2.05) is 24.3 Å². The number of fused-ring (bicyclic) bond motifs is 1. The monoisotopic (exact) mass is 320 g/mol. The lowest BCUT2D eigenvalue weighted by Crippen LogP contribution is -2.35. The second kappa shape index (κ2) is 5.02. The minimum absolute atomic E-state index is 0.207. The number of halogens is 1. The van der Waals surface area contributed by atoms with E-state index in [1.54, 1.807) is 23.4 Å². The molecule has 22 heavy (non-hydrogen) atoms. The van der Waals surface area contributed by atoms with Crippen molar-refractivity contribution in [2.45, 2.75) is 13.3 Å². The van der Waals surface area contributed by atoms with E-state index in [9.17, 15) is 14.7 Å². The molecule has 0 saturated carbocycles. The molecule has 5 nitrogen and oxygen atoms in total. The Morgan fingerprint density at radius 3 is 2.59 bits per heavy atom. The van der Waals surface area contributed by atoms with Crippen LogP contribution >= 0.6 is 11.6 Å². The quantitative estimate of drug-likeness (QED) is 0.925. The van der Waals surface area contributed by atoms with Gasteiger partial charge in [-0.25, -0.2) is 0 Å². The summed E-state index contributed by atoms with van der Waals surface area (Å²) in [5, 5.41) is 10.5. The molecule has 0 aliphatic carbocycles. The molecule has 0 radical (unpaired) electrons. The molecular weight excluding hydrogens is 304 g/mol. The first-order chi connectivity index (χ1) is 10.3. The highest BCUT2D eigenvalue weighted by atomic mass is 35.5. The van der Waals surface area contributed by atoms with E-state index in [2.05, 4.69) is 0 Å². The lowest BCUT2D eigenvalue weighted by molar-refractivity contribution is -0.147. The summed E-state index contributed by atoms with van der Waals surface area (Å²) in [6, 6.07) is 7.55. The van der Waals surface area contributed by atoms with Gasteiger partial charge in [-0.3, -0.25) is 9.59 Å². The number of amides is 1. The van der Waals surface area contributed by atoms with Crippen LogP contribution in [0.25, 0.3) is 10.9 Å². The first-order valence-electron chi connectivity index (χ1n) is 7.11. The van der Waals surface area contributed by atoms with E-state index in [4.69, 9.17) is 11.6 Å². The van der Waals surface area contributed by atoms with Crippen molar-refractivity contribution in [3.63, 3.8) is 0 Å². The molecule has 2 aromatic rings. The minimum atomic E-state index is -0.882. The molecule has 1 aromatic heterocycles. The summed E-state index contributed by atoms with van der Waals surface area (Å²) in [5.74, 6) is -1.08. The topological polar surface area (TPSA) is 62.5 Å².